The maximum Gasteiger partial charge on any atom is 0.405 e. The monoisotopic (exact) mass is 301 g/mol. The van der Waals surface area contributed by atoms with Gasteiger partial charge in [-0.05, 0) is 28.1 Å². The van der Waals surface area contributed by atoms with Gasteiger partial charge in [0.15, 0.2) is 0 Å². The second-order valence-corrected chi connectivity index (χ2v) is 4.45. The zero-order valence-corrected chi connectivity index (χ0v) is 11.0. The van der Waals surface area contributed by atoms with Gasteiger partial charge in [-0.3, -0.25) is 0 Å². The van der Waals surface area contributed by atoms with Crippen LogP contribution in [0.1, 0.15) is 11.7 Å². The lowest BCUT2D eigenvalue weighted by molar-refractivity contribution is 0.0930. The molecule has 0 saturated carbocycles. The third-order valence-corrected chi connectivity index (χ3v) is 3.06. The summed E-state index contributed by atoms with van der Waals surface area (Å²) in [4.78, 5) is 10.9. The van der Waals surface area contributed by atoms with Crippen molar-refractivity contribution in [1.29, 1.82) is 0 Å². The van der Waals surface area contributed by atoms with Crippen molar-refractivity contribution in [2.75, 3.05) is 0 Å². The molecule has 2 rings (SSSR count). The van der Waals surface area contributed by atoms with Crippen LogP contribution < -0.4 is 5.73 Å². The van der Waals surface area contributed by atoms with Crippen molar-refractivity contribution < 1.29 is 9.53 Å². The van der Waals surface area contributed by atoms with E-state index in [1.807, 2.05) is 0 Å². The van der Waals surface area contributed by atoms with Gasteiger partial charge in [0.2, 0.25) is 0 Å². The van der Waals surface area contributed by atoms with Crippen molar-refractivity contribution in [3.63, 3.8) is 0 Å². The van der Waals surface area contributed by atoms with E-state index in [1.54, 1.807) is 18.2 Å². The van der Waals surface area contributed by atoms with Gasteiger partial charge in [0, 0.05) is 0 Å². The largest absolute Gasteiger partial charge is 0.440 e. The van der Waals surface area contributed by atoms with Crippen LogP contribution in [-0.2, 0) is 11.3 Å². The highest BCUT2D eigenvalue weighted by Crippen LogP contribution is 2.27. The molecule has 1 amide bonds. The Balaban J connectivity index is 2.25. The van der Waals surface area contributed by atoms with E-state index in [1.165, 1.54) is 11.0 Å². The number of primary amides is 1. The third-order valence-electron chi connectivity index (χ3n) is 2.32. The molecule has 0 spiro atoms. The van der Waals surface area contributed by atoms with Crippen LogP contribution in [0.25, 0.3) is 0 Å². The summed E-state index contributed by atoms with van der Waals surface area (Å²) in [5, 5.41) is 11.4. The quantitative estimate of drug-likeness (QED) is 0.929. The van der Waals surface area contributed by atoms with Crippen LogP contribution in [0.4, 0.5) is 4.79 Å². The van der Waals surface area contributed by atoms with Crippen molar-refractivity contribution in [1.82, 2.24) is 20.2 Å². The number of tetrazole rings is 1. The average Bonchev–Trinajstić information content (AvgIpc) is 2.84. The number of amides is 1. The number of aromatic nitrogens is 4. The number of nitrogens with zero attached hydrogens (tertiary/aromatic N) is 4. The molecular weight excluding hydrogens is 293 g/mol. The lowest BCUT2D eigenvalue weighted by Crippen LogP contribution is -2.21. The molecule has 0 aliphatic heterocycles. The first-order valence-corrected chi connectivity index (χ1v) is 5.93. The molecule has 19 heavy (non-hydrogen) atoms. The Morgan fingerprint density at radius 3 is 2.79 bits per heavy atom. The topological polar surface area (TPSA) is 95.9 Å². The average molecular weight is 302 g/mol. The maximum atomic E-state index is 10.9. The van der Waals surface area contributed by atoms with Crippen LogP contribution in [0.3, 0.4) is 0 Å². The first-order chi connectivity index (χ1) is 9.06. The number of nitrogens with two attached hydrogens (primary N) is 1. The molecule has 0 bridgehead atoms. The van der Waals surface area contributed by atoms with Crippen molar-refractivity contribution >= 4 is 29.3 Å². The van der Waals surface area contributed by atoms with Gasteiger partial charge < -0.3 is 10.5 Å². The van der Waals surface area contributed by atoms with Gasteiger partial charge in [-0.25, -0.2) is 9.48 Å². The van der Waals surface area contributed by atoms with Gasteiger partial charge in [0.1, 0.15) is 12.4 Å². The van der Waals surface area contributed by atoms with Crippen molar-refractivity contribution in [2.45, 2.75) is 12.6 Å². The number of hydrogen-bond donors (Lipinski definition) is 1. The molecule has 0 aliphatic rings. The minimum absolute atomic E-state index is 0.216. The number of hydrogen-bond acceptors (Lipinski definition) is 5. The molecule has 1 atom stereocenters. The fourth-order valence-corrected chi connectivity index (χ4v) is 1.80. The zero-order chi connectivity index (χ0) is 13.8. The van der Waals surface area contributed by atoms with Crippen molar-refractivity contribution in [3.05, 3.63) is 40.1 Å². The molecule has 1 heterocycles. The first kappa shape index (κ1) is 13.6. The molecule has 0 aliphatic carbocycles. The van der Waals surface area contributed by atoms with Gasteiger partial charge >= 0.3 is 6.09 Å². The van der Waals surface area contributed by atoms with Crippen LogP contribution >= 0.6 is 23.2 Å². The molecule has 7 nitrogen and oxygen atoms in total. The second kappa shape index (κ2) is 5.85. The fourth-order valence-electron chi connectivity index (χ4n) is 1.50. The summed E-state index contributed by atoms with van der Waals surface area (Å²) in [7, 11) is 0. The minimum Gasteiger partial charge on any atom is -0.440 e. The number of rotatable bonds is 4. The normalized spacial score (nSPS) is 12.1. The number of carbonyl (C=O) groups excluding carboxylic acids is 1. The van der Waals surface area contributed by atoms with Crippen LogP contribution in [0.5, 0.6) is 0 Å². The fraction of sp³-hybridized carbons (Fsp3) is 0.200. The third kappa shape index (κ3) is 3.55. The van der Waals surface area contributed by atoms with Gasteiger partial charge in [-0.1, -0.05) is 29.3 Å². The van der Waals surface area contributed by atoms with E-state index in [0.717, 1.165) is 0 Å². The molecule has 0 unspecified atom stereocenters. The summed E-state index contributed by atoms with van der Waals surface area (Å²) in [6, 6.07) is 4.89. The highest BCUT2D eigenvalue weighted by Gasteiger charge is 2.18. The van der Waals surface area contributed by atoms with Gasteiger partial charge in [-0.15, -0.1) is 5.10 Å². The van der Waals surface area contributed by atoms with E-state index in [4.69, 9.17) is 33.7 Å². The number of ether oxygens (including phenoxy) is 1. The summed E-state index contributed by atoms with van der Waals surface area (Å²) < 4.78 is 6.44. The van der Waals surface area contributed by atoms with Crippen LogP contribution in [0.2, 0.25) is 10.0 Å². The van der Waals surface area contributed by atoms with E-state index in [-0.39, 0.29) is 6.54 Å². The molecule has 1 aromatic heterocycles. The van der Waals surface area contributed by atoms with E-state index < -0.39 is 12.2 Å². The molecule has 2 aromatic rings. The minimum atomic E-state index is -0.899. The molecule has 0 radical (unpaired) electrons. The van der Waals surface area contributed by atoms with E-state index >= 15 is 0 Å². The number of carbonyl (C=O) groups is 1. The van der Waals surface area contributed by atoms with Crippen molar-refractivity contribution in [2.24, 2.45) is 5.73 Å². The Kier molecular flexibility index (Phi) is 4.18. The molecular formula is C10H9Cl2N5O2. The summed E-state index contributed by atoms with van der Waals surface area (Å²) in [6.45, 7) is 0.216. The molecule has 2 N–H and O–H groups in total. The highest BCUT2D eigenvalue weighted by molar-refractivity contribution is 6.42. The van der Waals surface area contributed by atoms with Crippen LogP contribution in [0.15, 0.2) is 24.5 Å². The Bertz CT molecular complexity index is 575. The van der Waals surface area contributed by atoms with Crippen LogP contribution in [-0.4, -0.2) is 26.3 Å². The van der Waals surface area contributed by atoms with E-state index in [0.29, 0.717) is 15.6 Å². The Hall–Kier alpha value is -1.86. The Morgan fingerprint density at radius 1 is 1.42 bits per heavy atom. The SMILES string of the molecule is NC(=O)O[C@H](Cn1cnnn1)c1ccc(Cl)c(Cl)c1. The molecule has 1 aromatic carbocycles. The number of halogens is 2. The van der Waals surface area contributed by atoms with E-state index in [9.17, 15) is 4.79 Å². The second-order valence-electron chi connectivity index (χ2n) is 3.63. The smallest absolute Gasteiger partial charge is 0.405 e. The summed E-state index contributed by atoms with van der Waals surface area (Å²) in [6.07, 6.45) is -0.158. The molecule has 100 valence electrons. The summed E-state index contributed by atoms with van der Waals surface area (Å²) in [5.41, 5.74) is 5.69. The van der Waals surface area contributed by atoms with Crippen LogP contribution in [0, 0.1) is 0 Å². The first-order valence-electron chi connectivity index (χ1n) is 5.18. The molecule has 0 saturated heterocycles. The molecule has 0 fully saturated rings. The van der Waals surface area contributed by atoms with Gasteiger partial charge in [0.05, 0.1) is 16.6 Å². The Labute approximate surface area is 118 Å². The van der Waals surface area contributed by atoms with Gasteiger partial charge in [0.25, 0.3) is 0 Å². The summed E-state index contributed by atoms with van der Waals surface area (Å²) >= 11 is 11.8. The van der Waals surface area contributed by atoms with Crippen molar-refractivity contribution in [3.8, 4) is 0 Å². The molecule has 9 heteroatoms. The highest BCUT2D eigenvalue weighted by atomic mass is 35.5. The zero-order valence-electron chi connectivity index (χ0n) is 9.53. The Morgan fingerprint density at radius 2 is 2.21 bits per heavy atom. The lowest BCUT2D eigenvalue weighted by Gasteiger charge is -2.17. The van der Waals surface area contributed by atoms with Gasteiger partial charge in [-0.2, -0.15) is 0 Å². The predicted octanol–water partition coefficient (Wildman–Crippen LogP) is 1.82. The van der Waals surface area contributed by atoms with E-state index in [2.05, 4.69) is 15.5 Å². The standard InChI is InChI=1S/C10H9Cl2N5O2/c11-7-2-1-6(3-8(7)12)9(19-10(13)18)4-17-5-14-15-16-17/h1-3,5,9H,4H2,(H2,13,18)/t9-/m1/s1. The predicted molar refractivity (Wildman–Crippen MR) is 67.7 cm³/mol. The number of benzene rings is 1. The lowest BCUT2D eigenvalue weighted by atomic mass is 10.1. The maximum absolute atomic E-state index is 10.9. The summed E-state index contributed by atoms with van der Waals surface area (Å²) in [5.74, 6) is 0.